The third kappa shape index (κ3) is 10.6. The number of ether oxygens (including phenoxy) is 2. The van der Waals surface area contributed by atoms with Crippen molar-refractivity contribution in [1.82, 2.24) is 5.32 Å². The Kier molecular flexibility index (Phi) is 17.1. The molecule has 5 aliphatic rings. The number of aliphatic hydroxyl groups excluding tert-OH is 5. The standard InChI is InChI=1S/C47H83NO8/c1-7-8-9-10-11-12-13-14-15-16-17-21-38(49)55-29-37-41(51)43(53)44(54)45(56-37)48-32-24-26-47(6)35-25-27-46(5)33(31(4)20-18-19-30(2)3)22-23-34(46)39(35)42(52)40(50)36(47)28-32/h30-35,37,39,41-45,48,50-54H,7-29H2,1-6H3/t31-,32+,33-,34+,35+,37-,39+,41-,42?,43-,44+,45+,46-,47-/m1/s1. The summed E-state index contributed by atoms with van der Waals surface area (Å²) >= 11 is 0. The lowest BCUT2D eigenvalue weighted by Gasteiger charge is -2.60. The maximum Gasteiger partial charge on any atom is 0.305 e. The molecule has 1 heterocycles. The van der Waals surface area contributed by atoms with Gasteiger partial charge in [0.25, 0.3) is 0 Å². The molecule has 56 heavy (non-hydrogen) atoms. The molecule has 9 nitrogen and oxygen atoms in total. The van der Waals surface area contributed by atoms with E-state index in [9.17, 15) is 30.3 Å². The molecule has 1 aliphatic heterocycles. The van der Waals surface area contributed by atoms with Gasteiger partial charge in [-0.05, 0) is 103 Å². The van der Waals surface area contributed by atoms with Crippen molar-refractivity contribution in [3.05, 3.63) is 11.3 Å². The second-order valence-corrected chi connectivity index (χ2v) is 20.2. The predicted octanol–water partition coefficient (Wildman–Crippen LogP) is 8.89. The van der Waals surface area contributed by atoms with Crippen LogP contribution in [0, 0.1) is 46.3 Å². The average Bonchev–Trinajstić information content (AvgIpc) is 3.53. The van der Waals surface area contributed by atoms with Crippen LogP contribution in [0.5, 0.6) is 0 Å². The number of carbonyl (C=O) groups is 1. The van der Waals surface area contributed by atoms with Crippen LogP contribution < -0.4 is 5.32 Å². The van der Waals surface area contributed by atoms with Gasteiger partial charge in [0, 0.05) is 12.5 Å². The highest BCUT2D eigenvalue weighted by molar-refractivity contribution is 5.69. The lowest BCUT2D eigenvalue weighted by molar-refractivity contribution is -0.241. The molecule has 0 aromatic carbocycles. The summed E-state index contributed by atoms with van der Waals surface area (Å²) in [5.41, 5.74) is 0.874. The van der Waals surface area contributed by atoms with Crippen molar-refractivity contribution in [3.8, 4) is 0 Å². The smallest absolute Gasteiger partial charge is 0.305 e. The maximum absolute atomic E-state index is 12.6. The summed E-state index contributed by atoms with van der Waals surface area (Å²) in [7, 11) is 0. The van der Waals surface area contributed by atoms with Gasteiger partial charge in [-0.3, -0.25) is 10.1 Å². The second-order valence-electron chi connectivity index (χ2n) is 20.2. The summed E-state index contributed by atoms with van der Waals surface area (Å²) in [6, 6.07) is -0.174. The van der Waals surface area contributed by atoms with Crippen molar-refractivity contribution >= 4 is 5.97 Å². The highest BCUT2D eigenvalue weighted by Crippen LogP contribution is 2.68. The molecule has 0 radical (unpaired) electrons. The van der Waals surface area contributed by atoms with Crippen LogP contribution in [-0.4, -0.2) is 80.9 Å². The molecule has 3 saturated carbocycles. The Bertz CT molecular complexity index is 1260. The highest BCUT2D eigenvalue weighted by atomic mass is 16.6. The van der Waals surface area contributed by atoms with Crippen LogP contribution in [-0.2, 0) is 14.3 Å². The summed E-state index contributed by atoms with van der Waals surface area (Å²) in [5, 5.41) is 59.6. The molecule has 4 fully saturated rings. The minimum absolute atomic E-state index is 0.0541. The Labute approximate surface area is 340 Å². The van der Waals surface area contributed by atoms with Crippen LogP contribution in [0.2, 0.25) is 0 Å². The van der Waals surface area contributed by atoms with Crippen LogP contribution in [0.3, 0.4) is 0 Å². The monoisotopic (exact) mass is 790 g/mol. The van der Waals surface area contributed by atoms with E-state index in [1.165, 1.54) is 83.5 Å². The first-order chi connectivity index (χ1) is 26.7. The Hall–Kier alpha value is -1.23. The molecule has 0 spiro atoms. The molecule has 0 aromatic rings. The number of carbonyl (C=O) groups excluding carboxylic acids is 1. The first-order valence-electron chi connectivity index (χ1n) is 23.4. The van der Waals surface area contributed by atoms with Crippen LogP contribution in [0.4, 0.5) is 0 Å². The van der Waals surface area contributed by atoms with E-state index in [4.69, 9.17) is 9.47 Å². The largest absolute Gasteiger partial charge is 0.510 e. The molecular formula is C47H83NO8. The average molecular weight is 790 g/mol. The zero-order valence-corrected chi connectivity index (χ0v) is 36.2. The molecule has 14 atom stereocenters. The zero-order chi connectivity index (χ0) is 40.6. The Morgan fingerprint density at radius 1 is 0.804 bits per heavy atom. The summed E-state index contributed by atoms with van der Waals surface area (Å²) < 4.78 is 11.6. The van der Waals surface area contributed by atoms with Crippen LogP contribution in [0.15, 0.2) is 11.3 Å². The molecule has 0 aromatic heterocycles. The van der Waals surface area contributed by atoms with Gasteiger partial charge in [-0.25, -0.2) is 0 Å². The molecule has 0 amide bonds. The molecular weight excluding hydrogens is 707 g/mol. The van der Waals surface area contributed by atoms with Crippen LogP contribution in [0.25, 0.3) is 0 Å². The number of aliphatic hydroxyl groups is 5. The molecule has 0 bridgehead atoms. The van der Waals surface area contributed by atoms with E-state index >= 15 is 0 Å². The highest BCUT2D eigenvalue weighted by Gasteiger charge is 2.63. The Morgan fingerprint density at radius 2 is 1.46 bits per heavy atom. The van der Waals surface area contributed by atoms with Crippen molar-refractivity contribution < 1.29 is 39.8 Å². The third-order valence-electron chi connectivity index (χ3n) is 16.0. The summed E-state index contributed by atoms with van der Waals surface area (Å²) in [4.78, 5) is 12.6. The van der Waals surface area contributed by atoms with E-state index in [0.29, 0.717) is 36.5 Å². The van der Waals surface area contributed by atoms with Gasteiger partial charge in [-0.2, -0.15) is 0 Å². The molecule has 5 rings (SSSR count). The number of unbranched alkanes of at least 4 members (excludes halogenated alkanes) is 10. The summed E-state index contributed by atoms with van der Waals surface area (Å²) in [6.45, 7) is 13.9. The third-order valence-corrected chi connectivity index (χ3v) is 16.0. The molecule has 4 aliphatic carbocycles. The van der Waals surface area contributed by atoms with Gasteiger partial charge in [0.05, 0.1) is 0 Å². The van der Waals surface area contributed by atoms with E-state index in [1.54, 1.807) is 0 Å². The van der Waals surface area contributed by atoms with E-state index in [0.717, 1.165) is 56.4 Å². The van der Waals surface area contributed by atoms with Gasteiger partial charge in [0.2, 0.25) is 0 Å². The first kappa shape index (κ1) is 45.8. The minimum Gasteiger partial charge on any atom is -0.510 e. The van der Waals surface area contributed by atoms with Crippen molar-refractivity contribution in [2.75, 3.05) is 6.61 Å². The van der Waals surface area contributed by atoms with E-state index in [2.05, 4.69) is 46.9 Å². The number of nitrogens with one attached hydrogen (secondary N) is 1. The molecule has 324 valence electrons. The van der Waals surface area contributed by atoms with Gasteiger partial charge in [-0.1, -0.05) is 125 Å². The zero-order valence-electron chi connectivity index (χ0n) is 36.2. The quantitative estimate of drug-likeness (QED) is 0.0496. The lowest BCUT2D eigenvalue weighted by atomic mass is 9.46. The number of rotatable bonds is 21. The van der Waals surface area contributed by atoms with Gasteiger partial charge in [0.15, 0.2) is 0 Å². The van der Waals surface area contributed by atoms with E-state index < -0.39 is 36.7 Å². The van der Waals surface area contributed by atoms with Crippen molar-refractivity contribution in [2.24, 2.45) is 46.3 Å². The Morgan fingerprint density at radius 3 is 2.12 bits per heavy atom. The van der Waals surface area contributed by atoms with Gasteiger partial charge >= 0.3 is 5.97 Å². The predicted molar refractivity (Wildman–Crippen MR) is 222 cm³/mol. The summed E-state index contributed by atoms with van der Waals surface area (Å²) in [6.07, 6.45) is 16.9. The number of fused-ring (bicyclic) bond motifs is 5. The van der Waals surface area contributed by atoms with Crippen molar-refractivity contribution in [3.63, 3.8) is 0 Å². The fourth-order valence-corrected chi connectivity index (χ4v) is 12.6. The number of hydrogen-bond donors (Lipinski definition) is 6. The number of hydrogen-bond acceptors (Lipinski definition) is 9. The van der Waals surface area contributed by atoms with Gasteiger partial charge < -0.3 is 35.0 Å². The SMILES string of the molecule is CCCCCCCCCCCCCC(=O)OC[C@H]1O[C@H](N[C@H]2CC[C@@]3(C)C(=C(O)C(O)[C@H]4[C@@H]5CC[C@H]([C@H](C)CCCC(C)C)[C@@]5(C)CC[C@@H]43)C2)[C@@H](O)[C@H](O)[C@@H]1O. The van der Waals surface area contributed by atoms with Gasteiger partial charge in [0.1, 0.15) is 49.1 Å². The first-order valence-corrected chi connectivity index (χ1v) is 23.4. The van der Waals surface area contributed by atoms with Crippen molar-refractivity contribution in [2.45, 2.75) is 226 Å². The molecule has 1 saturated heterocycles. The van der Waals surface area contributed by atoms with Crippen LogP contribution >= 0.6 is 0 Å². The maximum atomic E-state index is 12.6. The fourth-order valence-electron chi connectivity index (χ4n) is 12.6. The van der Waals surface area contributed by atoms with Gasteiger partial charge in [-0.15, -0.1) is 0 Å². The van der Waals surface area contributed by atoms with E-state index in [1.807, 2.05) is 0 Å². The second kappa shape index (κ2) is 20.8. The van der Waals surface area contributed by atoms with Crippen LogP contribution in [0.1, 0.15) is 183 Å². The lowest BCUT2D eigenvalue weighted by Crippen LogP contribution is -2.64. The molecule has 9 heteroatoms. The fraction of sp³-hybridized carbons (Fsp3) is 0.936. The number of esters is 1. The topological polar surface area (TPSA) is 149 Å². The molecule has 6 N–H and O–H groups in total. The normalized spacial score (nSPS) is 38.9. The molecule has 1 unspecified atom stereocenters. The van der Waals surface area contributed by atoms with E-state index in [-0.39, 0.29) is 41.1 Å². The minimum atomic E-state index is -1.47. The Balaban J connectivity index is 1.11. The summed E-state index contributed by atoms with van der Waals surface area (Å²) in [5.74, 6) is 2.60. The van der Waals surface area contributed by atoms with Crippen molar-refractivity contribution in [1.29, 1.82) is 0 Å².